The molecular weight excluding hydrogens is 569 g/mol. The Balaban J connectivity index is 2.39. The van der Waals surface area contributed by atoms with Crippen molar-refractivity contribution in [3.05, 3.63) is 47.5 Å². The van der Waals surface area contributed by atoms with Gasteiger partial charge in [-0.1, -0.05) is 104 Å². The predicted octanol–water partition coefficient (Wildman–Crippen LogP) is 10.6. The summed E-state index contributed by atoms with van der Waals surface area (Å²) in [7, 11) is -4.05. The van der Waals surface area contributed by atoms with E-state index in [2.05, 4.69) is 105 Å². The topological polar surface area (TPSA) is 72.8 Å². The molecule has 1 aromatic carbocycles. The van der Waals surface area contributed by atoms with Crippen molar-refractivity contribution in [2.75, 3.05) is 0 Å². The summed E-state index contributed by atoms with van der Waals surface area (Å²) in [6.45, 7) is 25.1. The van der Waals surface area contributed by atoms with Crippen LogP contribution >= 0.6 is 0 Å². The molecule has 7 heteroatoms. The van der Waals surface area contributed by atoms with Gasteiger partial charge in [-0.15, -0.1) is 0 Å². The fourth-order valence-electron chi connectivity index (χ4n) is 5.40. The molecule has 43 heavy (non-hydrogen) atoms. The van der Waals surface area contributed by atoms with E-state index >= 15 is 0 Å². The van der Waals surface area contributed by atoms with Gasteiger partial charge in [-0.25, -0.2) is 0 Å². The van der Waals surface area contributed by atoms with Crippen molar-refractivity contribution in [1.82, 2.24) is 0 Å². The van der Waals surface area contributed by atoms with Crippen molar-refractivity contribution in [2.24, 2.45) is 5.92 Å². The quantitative estimate of drug-likeness (QED) is 0.112. The number of hydrogen-bond acceptors (Lipinski definition) is 4. The highest BCUT2D eigenvalue weighted by atomic mass is 28.4. The zero-order chi connectivity index (χ0) is 32.6. The number of allylic oxidation sites excluding steroid dienone is 2. The molecule has 0 radical (unpaired) electrons. The predicted molar refractivity (Wildman–Crippen MR) is 185 cm³/mol. The second-order valence-corrected chi connectivity index (χ2v) is 25.3. The van der Waals surface area contributed by atoms with E-state index in [4.69, 9.17) is 14.0 Å². The number of Topliss-reactive ketones (excluding diaryl/α,β-unsaturated/α-hetero) is 1. The molecule has 1 aliphatic rings. The van der Waals surface area contributed by atoms with Gasteiger partial charge in [0.25, 0.3) is 0 Å². The number of carbonyl (C=O) groups excluding carboxylic acids is 1. The van der Waals surface area contributed by atoms with Crippen LogP contribution in [0.5, 0.6) is 0 Å². The van der Waals surface area contributed by atoms with E-state index in [1.165, 1.54) is 24.0 Å². The molecule has 5 nitrogen and oxygen atoms in total. The molecular formula is C36H62O5Si2. The molecule has 0 amide bonds. The SMILES string of the molecule is CCCCCC(O[Si](C)(C)C(C)(C)C)c1ccc([C@H]2[C@H](O[Si](C)(C)C(C)(C)C)CC(=O)[C@@H]2C/C=C\CCCC(=O)O)cc1. The Morgan fingerprint density at radius 3 is 2.09 bits per heavy atom. The summed E-state index contributed by atoms with van der Waals surface area (Å²) in [5.41, 5.74) is 2.40. The molecule has 0 heterocycles. The molecule has 1 saturated carbocycles. The minimum Gasteiger partial charge on any atom is -0.481 e. The van der Waals surface area contributed by atoms with Crippen molar-refractivity contribution < 1.29 is 23.5 Å². The van der Waals surface area contributed by atoms with E-state index in [0.29, 0.717) is 25.7 Å². The smallest absolute Gasteiger partial charge is 0.303 e. The first-order valence-corrected chi connectivity index (χ1v) is 22.5. The van der Waals surface area contributed by atoms with E-state index in [0.717, 1.165) is 12.8 Å². The zero-order valence-electron chi connectivity index (χ0n) is 29.2. The molecule has 244 valence electrons. The number of carboxylic acids is 1. The van der Waals surface area contributed by atoms with Gasteiger partial charge in [0.1, 0.15) is 5.78 Å². The molecule has 0 spiro atoms. The van der Waals surface area contributed by atoms with Crippen molar-refractivity contribution in [1.29, 1.82) is 0 Å². The Labute approximate surface area is 265 Å². The molecule has 4 atom stereocenters. The first kappa shape index (κ1) is 37.6. The molecule has 1 aliphatic carbocycles. The lowest BCUT2D eigenvalue weighted by Gasteiger charge is -2.40. The van der Waals surface area contributed by atoms with Gasteiger partial charge >= 0.3 is 5.97 Å². The Kier molecular flexibility index (Phi) is 13.7. The summed E-state index contributed by atoms with van der Waals surface area (Å²) < 4.78 is 13.9. The minimum atomic E-state index is -2.10. The third-order valence-electron chi connectivity index (χ3n) is 10.2. The molecule has 0 bridgehead atoms. The maximum atomic E-state index is 13.5. The summed E-state index contributed by atoms with van der Waals surface area (Å²) in [5, 5.41) is 9.13. The number of ketones is 1. The monoisotopic (exact) mass is 630 g/mol. The number of carbonyl (C=O) groups is 2. The minimum absolute atomic E-state index is 0.000745. The number of rotatable bonds is 16. The largest absolute Gasteiger partial charge is 0.481 e. The van der Waals surface area contributed by atoms with Gasteiger partial charge < -0.3 is 14.0 Å². The van der Waals surface area contributed by atoms with E-state index in [1.807, 2.05) is 6.08 Å². The lowest BCUT2D eigenvalue weighted by atomic mass is 9.84. The van der Waals surface area contributed by atoms with Crippen LogP contribution in [0.4, 0.5) is 0 Å². The number of hydrogen-bond donors (Lipinski definition) is 1. The molecule has 0 aliphatic heterocycles. The number of unbranched alkanes of at least 4 members (excludes halogenated alkanes) is 3. The fourth-order valence-corrected chi connectivity index (χ4v) is 8.06. The first-order chi connectivity index (χ1) is 19.8. The molecule has 1 N–H and O–H groups in total. The maximum Gasteiger partial charge on any atom is 0.303 e. The van der Waals surface area contributed by atoms with E-state index in [1.54, 1.807) is 0 Å². The van der Waals surface area contributed by atoms with Crippen LogP contribution in [0, 0.1) is 5.92 Å². The van der Waals surface area contributed by atoms with Crippen LogP contribution in [-0.4, -0.2) is 39.6 Å². The number of benzene rings is 1. The van der Waals surface area contributed by atoms with Crippen LogP contribution in [0.1, 0.15) is 129 Å². The standard InChI is InChI=1S/C36H62O5Si2/c1-12-13-16-20-31(40-42(8,9)35(2,3)4)27-22-24-28(25-23-27)34-29(19-17-14-15-18-21-33(38)39)30(37)26-32(34)41-43(10,11)36(5,6)7/h14,17,22-25,29,31-32,34H,12-13,15-16,18-21,26H2,1-11H3,(H,38,39)/b17-14-/t29-,31?,32+,34+/m0/s1. The second kappa shape index (κ2) is 15.6. The highest BCUT2D eigenvalue weighted by Crippen LogP contribution is 2.47. The maximum absolute atomic E-state index is 13.5. The van der Waals surface area contributed by atoms with E-state index in [9.17, 15) is 9.59 Å². The van der Waals surface area contributed by atoms with Gasteiger partial charge in [0.15, 0.2) is 16.6 Å². The van der Waals surface area contributed by atoms with Gasteiger partial charge in [-0.2, -0.15) is 0 Å². The van der Waals surface area contributed by atoms with Crippen molar-refractivity contribution in [3.63, 3.8) is 0 Å². The van der Waals surface area contributed by atoms with Crippen LogP contribution in [0.25, 0.3) is 0 Å². The normalized spacial score (nSPS) is 21.1. The van der Waals surface area contributed by atoms with Crippen LogP contribution < -0.4 is 0 Å². The van der Waals surface area contributed by atoms with Gasteiger partial charge in [-0.05, 0) is 73.1 Å². The third kappa shape index (κ3) is 10.8. The van der Waals surface area contributed by atoms with Crippen LogP contribution in [0.2, 0.25) is 36.3 Å². The molecule has 1 unspecified atom stereocenters. The molecule has 0 saturated heterocycles. The lowest BCUT2D eigenvalue weighted by Crippen LogP contribution is -2.44. The third-order valence-corrected chi connectivity index (χ3v) is 19.2. The average molecular weight is 631 g/mol. The summed E-state index contributed by atoms with van der Waals surface area (Å²) >= 11 is 0. The highest BCUT2D eigenvalue weighted by Gasteiger charge is 2.48. The molecule has 1 fully saturated rings. The Hall–Kier alpha value is -1.55. The summed E-state index contributed by atoms with van der Waals surface area (Å²) in [6.07, 6.45) is 11.2. The number of aliphatic carboxylic acids is 1. The fraction of sp³-hybridized carbons (Fsp3) is 0.722. The van der Waals surface area contributed by atoms with Crippen molar-refractivity contribution >= 4 is 28.4 Å². The zero-order valence-corrected chi connectivity index (χ0v) is 31.2. The van der Waals surface area contributed by atoms with Gasteiger partial charge in [0.05, 0.1) is 12.2 Å². The Bertz CT molecular complexity index is 1060. The average Bonchev–Trinajstić information content (AvgIpc) is 3.17. The van der Waals surface area contributed by atoms with Crippen molar-refractivity contribution in [2.45, 2.75) is 161 Å². The molecule has 1 aromatic rings. The highest BCUT2D eigenvalue weighted by molar-refractivity contribution is 6.74. The van der Waals surface area contributed by atoms with Gasteiger partial charge in [0, 0.05) is 24.7 Å². The van der Waals surface area contributed by atoms with Crippen LogP contribution in [0.3, 0.4) is 0 Å². The lowest BCUT2D eigenvalue weighted by molar-refractivity contribution is -0.137. The summed E-state index contributed by atoms with van der Waals surface area (Å²) in [4.78, 5) is 24.4. The van der Waals surface area contributed by atoms with Crippen LogP contribution in [-0.2, 0) is 18.4 Å². The Morgan fingerprint density at radius 2 is 1.56 bits per heavy atom. The first-order valence-electron chi connectivity index (χ1n) is 16.7. The summed E-state index contributed by atoms with van der Waals surface area (Å²) in [5.74, 6) is -0.637. The molecule has 2 rings (SSSR count). The second-order valence-electron chi connectivity index (χ2n) is 15.7. The summed E-state index contributed by atoms with van der Waals surface area (Å²) in [6, 6.07) is 8.94. The van der Waals surface area contributed by atoms with Gasteiger partial charge in [0.2, 0.25) is 0 Å². The van der Waals surface area contributed by atoms with Crippen molar-refractivity contribution in [3.8, 4) is 0 Å². The Morgan fingerprint density at radius 1 is 0.953 bits per heavy atom. The van der Waals surface area contributed by atoms with E-state index < -0.39 is 22.6 Å². The van der Waals surface area contributed by atoms with E-state index in [-0.39, 0.29) is 46.3 Å². The molecule has 0 aromatic heterocycles. The van der Waals surface area contributed by atoms with Gasteiger partial charge in [-0.3, -0.25) is 9.59 Å². The number of carboxylic acid groups (broad SMARTS) is 1. The van der Waals surface area contributed by atoms with Crippen LogP contribution in [0.15, 0.2) is 36.4 Å².